The van der Waals surface area contributed by atoms with E-state index in [1.165, 1.54) is 0 Å². The van der Waals surface area contributed by atoms with Gasteiger partial charge in [-0.2, -0.15) is 0 Å². The van der Waals surface area contributed by atoms with Crippen LogP contribution in [0.15, 0.2) is 29.6 Å². The van der Waals surface area contributed by atoms with Gasteiger partial charge in [-0.05, 0) is 17.5 Å². The largest absolute Gasteiger partial charge is 0.495 e. The van der Waals surface area contributed by atoms with Crippen LogP contribution in [0.4, 0.5) is 11.4 Å². The number of thiophene rings is 1. The summed E-state index contributed by atoms with van der Waals surface area (Å²) < 4.78 is 5.10. The number of methoxy groups -OCH3 is 1. The summed E-state index contributed by atoms with van der Waals surface area (Å²) in [4.78, 5) is 1.11. The number of rotatable bonds is 2. The molecule has 0 amide bonds. The van der Waals surface area contributed by atoms with Crippen molar-refractivity contribution < 1.29 is 4.74 Å². The molecule has 0 atom stereocenters. The minimum Gasteiger partial charge on any atom is -0.495 e. The molecule has 0 radical (unpaired) electrons. The summed E-state index contributed by atoms with van der Waals surface area (Å²) in [5.74, 6) is 0.618. The monoisotopic (exact) mass is 292 g/mol. The number of halogens is 2. The average Bonchev–Trinajstić information content (AvgIpc) is 2.74. The Morgan fingerprint density at radius 2 is 1.82 bits per heavy atom. The highest BCUT2D eigenvalue weighted by Crippen LogP contribution is 2.36. The fraction of sp³-hybridized carbons (Fsp3) is 0.0909. The van der Waals surface area contributed by atoms with Gasteiger partial charge >= 0.3 is 0 Å². The van der Waals surface area contributed by atoms with Crippen LogP contribution in [-0.2, 0) is 0 Å². The molecule has 0 fully saturated rings. The maximum atomic E-state index is 5.93. The molecule has 0 saturated carbocycles. The predicted octanol–water partition coefficient (Wildman–Crippen LogP) is 3.43. The summed E-state index contributed by atoms with van der Waals surface area (Å²) in [6, 6.07) is 7.60. The van der Waals surface area contributed by atoms with Crippen molar-refractivity contribution in [1.82, 2.24) is 0 Å². The molecule has 1 aromatic carbocycles. The topological polar surface area (TPSA) is 61.3 Å². The summed E-state index contributed by atoms with van der Waals surface area (Å²) in [5.41, 5.74) is 14.0. The normalized spacial score (nSPS) is 9.00. The van der Waals surface area contributed by atoms with Crippen molar-refractivity contribution in [1.29, 1.82) is 0 Å². The Kier molecular flexibility index (Phi) is 6.16. The number of anilines is 2. The molecule has 1 aromatic heterocycles. The fourth-order valence-electron chi connectivity index (χ4n) is 1.43. The number of ether oxygens (including phenoxy) is 1. The van der Waals surface area contributed by atoms with Crippen LogP contribution < -0.4 is 16.2 Å². The highest BCUT2D eigenvalue weighted by Gasteiger charge is 2.08. The van der Waals surface area contributed by atoms with E-state index in [4.69, 9.17) is 16.2 Å². The second-order valence-corrected chi connectivity index (χ2v) is 4.11. The van der Waals surface area contributed by atoms with E-state index in [-0.39, 0.29) is 24.8 Å². The van der Waals surface area contributed by atoms with Crippen LogP contribution >= 0.6 is 36.2 Å². The second kappa shape index (κ2) is 6.59. The summed E-state index contributed by atoms with van der Waals surface area (Å²) in [6.45, 7) is 0. The molecule has 0 unspecified atom stereocenters. The van der Waals surface area contributed by atoms with Gasteiger partial charge in [0.1, 0.15) is 5.75 Å². The van der Waals surface area contributed by atoms with Gasteiger partial charge in [-0.3, -0.25) is 0 Å². The van der Waals surface area contributed by atoms with Gasteiger partial charge in [0, 0.05) is 22.2 Å². The van der Waals surface area contributed by atoms with Crippen LogP contribution in [-0.4, -0.2) is 7.11 Å². The molecule has 17 heavy (non-hydrogen) atoms. The van der Waals surface area contributed by atoms with Gasteiger partial charge < -0.3 is 16.2 Å². The number of hydrogen-bond donors (Lipinski definition) is 2. The Bertz CT molecular complexity index is 475. The first kappa shape index (κ1) is 15.9. The molecule has 94 valence electrons. The van der Waals surface area contributed by atoms with Crippen LogP contribution in [0.5, 0.6) is 5.75 Å². The van der Waals surface area contributed by atoms with Crippen LogP contribution in [0.3, 0.4) is 0 Å². The highest BCUT2D eigenvalue weighted by molar-refractivity contribution is 7.13. The lowest BCUT2D eigenvalue weighted by molar-refractivity contribution is 0.417. The molecule has 0 saturated heterocycles. The van der Waals surface area contributed by atoms with Crippen molar-refractivity contribution in [3.05, 3.63) is 29.6 Å². The van der Waals surface area contributed by atoms with Crippen molar-refractivity contribution >= 4 is 47.5 Å². The summed E-state index contributed by atoms with van der Waals surface area (Å²) in [5, 5.41) is 2.01. The van der Waals surface area contributed by atoms with E-state index in [1.54, 1.807) is 24.5 Å². The fourth-order valence-corrected chi connectivity index (χ4v) is 2.20. The third-order valence-electron chi connectivity index (χ3n) is 2.19. The predicted molar refractivity (Wildman–Crippen MR) is 79.6 cm³/mol. The van der Waals surface area contributed by atoms with E-state index in [0.29, 0.717) is 17.1 Å². The number of nitrogens with two attached hydrogens (primary N) is 2. The Hall–Kier alpha value is -1.10. The molecule has 0 aliphatic heterocycles. The minimum atomic E-state index is 0. The maximum absolute atomic E-state index is 5.93. The quantitative estimate of drug-likeness (QED) is 0.834. The molecule has 2 aromatic rings. The average molecular weight is 293 g/mol. The molecule has 0 aliphatic rings. The lowest BCUT2D eigenvalue weighted by Gasteiger charge is -2.09. The smallest absolute Gasteiger partial charge is 0.143 e. The van der Waals surface area contributed by atoms with Gasteiger partial charge in [-0.1, -0.05) is 6.07 Å². The zero-order valence-corrected chi connectivity index (χ0v) is 11.6. The molecule has 4 N–H and O–H groups in total. The first-order valence-corrected chi connectivity index (χ1v) is 5.37. The summed E-state index contributed by atoms with van der Waals surface area (Å²) >= 11 is 1.64. The first-order chi connectivity index (χ1) is 7.22. The van der Waals surface area contributed by atoms with E-state index in [9.17, 15) is 0 Å². The summed E-state index contributed by atoms with van der Waals surface area (Å²) in [7, 11) is 1.58. The van der Waals surface area contributed by atoms with Crippen molar-refractivity contribution in [2.45, 2.75) is 0 Å². The zero-order valence-electron chi connectivity index (χ0n) is 9.17. The van der Waals surface area contributed by atoms with E-state index < -0.39 is 0 Å². The third kappa shape index (κ3) is 3.19. The van der Waals surface area contributed by atoms with E-state index in [1.807, 2.05) is 23.6 Å². The van der Waals surface area contributed by atoms with E-state index in [0.717, 1.165) is 10.4 Å². The standard InChI is InChI=1S/C11H12N2OS.2ClH/c1-14-10-6-8(12)7(5-9(10)13)11-3-2-4-15-11;;/h2-6H,12-13H2,1H3;2*1H. The van der Waals surface area contributed by atoms with Gasteiger partial charge in [0.25, 0.3) is 0 Å². The first-order valence-electron chi connectivity index (χ1n) is 4.49. The Morgan fingerprint density at radius 3 is 2.35 bits per heavy atom. The van der Waals surface area contributed by atoms with Crippen molar-refractivity contribution in [2.75, 3.05) is 18.6 Å². The number of hydrogen-bond acceptors (Lipinski definition) is 4. The van der Waals surface area contributed by atoms with Crippen LogP contribution in [0.1, 0.15) is 0 Å². The SMILES string of the molecule is COc1cc(N)c(-c2cccs2)cc1N.Cl.Cl. The Labute approximate surface area is 117 Å². The Morgan fingerprint density at radius 1 is 1.12 bits per heavy atom. The summed E-state index contributed by atoms with van der Waals surface area (Å²) in [6.07, 6.45) is 0. The Balaban J connectivity index is 0.00000128. The van der Waals surface area contributed by atoms with Crippen molar-refractivity contribution in [3.63, 3.8) is 0 Å². The molecule has 0 aliphatic carbocycles. The number of benzene rings is 1. The maximum Gasteiger partial charge on any atom is 0.143 e. The van der Waals surface area contributed by atoms with E-state index in [2.05, 4.69) is 0 Å². The molecule has 3 nitrogen and oxygen atoms in total. The van der Waals surface area contributed by atoms with E-state index >= 15 is 0 Å². The lowest BCUT2D eigenvalue weighted by atomic mass is 10.1. The molecule has 6 heteroatoms. The van der Waals surface area contributed by atoms with Gasteiger partial charge in [0.2, 0.25) is 0 Å². The molecule has 1 heterocycles. The van der Waals surface area contributed by atoms with Gasteiger partial charge in [-0.15, -0.1) is 36.2 Å². The van der Waals surface area contributed by atoms with Gasteiger partial charge in [0.15, 0.2) is 0 Å². The van der Waals surface area contributed by atoms with Crippen LogP contribution in [0.25, 0.3) is 10.4 Å². The molecular weight excluding hydrogens is 279 g/mol. The third-order valence-corrected chi connectivity index (χ3v) is 3.09. The van der Waals surface area contributed by atoms with Crippen molar-refractivity contribution in [3.8, 4) is 16.2 Å². The lowest BCUT2D eigenvalue weighted by Crippen LogP contribution is -1.96. The second-order valence-electron chi connectivity index (χ2n) is 3.16. The molecular formula is C11H14Cl2N2OS. The minimum absolute atomic E-state index is 0. The van der Waals surface area contributed by atoms with Crippen molar-refractivity contribution in [2.24, 2.45) is 0 Å². The highest BCUT2D eigenvalue weighted by atomic mass is 35.5. The number of nitrogen functional groups attached to an aromatic ring is 2. The molecule has 0 spiro atoms. The molecule has 0 bridgehead atoms. The zero-order chi connectivity index (χ0) is 10.8. The van der Waals surface area contributed by atoms with Gasteiger partial charge in [0.05, 0.1) is 12.8 Å². The molecule has 2 rings (SSSR count). The van der Waals surface area contributed by atoms with Crippen LogP contribution in [0, 0.1) is 0 Å². The van der Waals surface area contributed by atoms with Crippen LogP contribution in [0.2, 0.25) is 0 Å². The van der Waals surface area contributed by atoms with Gasteiger partial charge in [-0.25, -0.2) is 0 Å².